The van der Waals surface area contributed by atoms with E-state index in [2.05, 4.69) is 0 Å². The molecule has 1 aromatic rings. The predicted molar refractivity (Wildman–Crippen MR) is 84.0 cm³/mol. The molecule has 1 heterocycles. The van der Waals surface area contributed by atoms with Gasteiger partial charge in [0.15, 0.2) is 0 Å². The second kappa shape index (κ2) is 7.24. The maximum atomic E-state index is 12.8. The Morgan fingerprint density at radius 2 is 1.95 bits per heavy atom. The van der Waals surface area contributed by atoms with E-state index in [0.717, 1.165) is 18.4 Å². The SMILES string of the molecule is CCOC(=O)CC1CCCCN1S(=O)(=O)c1ccc(C)cc1. The van der Waals surface area contributed by atoms with Crippen LogP contribution >= 0.6 is 0 Å². The lowest BCUT2D eigenvalue weighted by atomic mass is 10.0. The molecule has 1 atom stereocenters. The highest BCUT2D eigenvalue weighted by atomic mass is 32.2. The van der Waals surface area contributed by atoms with Crippen LogP contribution in [0.2, 0.25) is 0 Å². The fourth-order valence-corrected chi connectivity index (χ4v) is 4.45. The molecule has 5 nitrogen and oxygen atoms in total. The number of ether oxygens (including phenoxy) is 1. The minimum absolute atomic E-state index is 0.124. The molecule has 1 aromatic carbocycles. The van der Waals surface area contributed by atoms with Crippen molar-refractivity contribution in [1.29, 1.82) is 0 Å². The first-order chi connectivity index (χ1) is 10.4. The molecule has 0 amide bonds. The van der Waals surface area contributed by atoms with Gasteiger partial charge in [-0.3, -0.25) is 4.79 Å². The zero-order chi connectivity index (χ0) is 16.2. The van der Waals surface area contributed by atoms with Crippen LogP contribution in [0.3, 0.4) is 0 Å². The van der Waals surface area contributed by atoms with Gasteiger partial charge in [0.2, 0.25) is 10.0 Å². The zero-order valence-electron chi connectivity index (χ0n) is 13.1. The van der Waals surface area contributed by atoms with E-state index in [1.54, 1.807) is 31.2 Å². The Balaban J connectivity index is 2.22. The van der Waals surface area contributed by atoms with Gasteiger partial charge < -0.3 is 4.74 Å². The number of benzene rings is 1. The molecular formula is C16H23NO4S. The number of rotatable bonds is 5. The molecule has 0 aromatic heterocycles. The van der Waals surface area contributed by atoms with Crippen molar-refractivity contribution < 1.29 is 17.9 Å². The van der Waals surface area contributed by atoms with Crippen molar-refractivity contribution in [3.05, 3.63) is 29.8 Å². The highest BCUT2D eigenvalue weighted by Gasteiger charge is 2.34. The fraction of sp³-hybridized carbons (Fsp3) is 0.562. The zero-order valence-corrected chi connectivity index (χ0v) is 13.9. The maximum absolute atomic E-state index is 12.8. The van der Waals surface area contributed by atoms with Crippen molar-refractivity contribution in [1.82, 2.24) is 4.31 Å². The average molecular weight is 325 g/mol. The average Bonchev–Trinajstić information content (AvgIpc) is 2.48. The van der Waals surface area contributed by atoms with Crippen LogP contribution < -0.4 is 0 Å². The van der Waals surface area contributed by atoms with Gasteiger partial charge in [-0.05, 0) is 38.8 Å². The number of piperidine rings is 1. The Kier molecular flexibility index (Phi) is 5.58. The smallest absolute Gasteiger partial charge is 0.307 e. The van der Waals surface area contributed by atoms with Crippen LogP contribution in [0.15, 0.2) is 29.2 Å². The van der Waals surface area contributed by atoms with Crippen LogP contribution in [0.1, 0.15) is 38.2 Å². The monoisotopic (exact) mass is 325 g/mol. The first-order valence-electron chi connectivity index (χ1n) is 7.69. The van der Waals surface area contributed by atoms with E-state index in [4.69, 9.17) is 4.74 Å². The summed E-state index contributed by atoms with van der Waals surface area (Å²) in [6.07, 6.45) is 2.58. The Hall–Kier alpha value is -1.40. The number of esters is 1. The molecule has 6 heteroatoms. The second-order valence-electron chi connectivity index (χ2n) is 5.59. The minimum Gasteiger partial charge on any atom is -0.466 e. The number of hydrogen-bond acceptors (Lipinski definition) is 4. The van der Waals surface area contributed by atoms with Gasteiger partial charge in [-0.25, -0.2) is 8.42 Å². The summed E-state index contributed by atoms with van der Waals surface area (Å²) >= 11 is 0. The third-order valence-electron chi connectivity index (χ3n) is 3.91. The van der Waals surface area contributed by atoms with Crippen molar-refractivity contribution in [2.24, 2.45) is 0 Å². The lowest BCUT2D eigenvalue weighted by molar-refractivity contribution is -0.144. The number of nitrogens with zero attached hydrogens (tertiary/aromatic N) is 1. The van der Waals surface area contributed by atoms with E-state index in [1.807, 2.05) is 6.92 Å². The quantitative estimate of drug-likeness (QED) is 0.780. The lowest BCUT2D eigenvalue weighted by Gasteiger charge is -2.34. The van der Waals surface area contributed by atoms with Gasteiger partial charge in [0.05, 0.1) is 17.9 Å². The summed E-state index contributed by atoms with van der Waals surface area (Å²) < 4.78 is 32.1. The van der Waals surface area contributed by atoms with E-state index in [1.165, 1.54) is 4.31 Å². The van der Waals surface area contributed by atoms with Gasteiger partial charge in [-0.1, -0.05) is 24.1 Å². The summed E-state index contributed by atoms with van der Waals surface area (Å²) in [5.41, 5.74) is 1.01. The van der Waals surface area contributed by atoms with Crippen LogP contribution in [0.5, 0.6) is 0 Å². The first kappa shape index (κ1) is 17.0. The molecular weight excluding hydrogens is 302 g/mol. The van der Waals surface area contributed by atoms with E-state index < -0.39 is 10.0 Å². The Labute approximate surface area is 132 Å². The Bertz CT molecular complexity index is 610. The molecule has 22 heavy (non-hydrogen) atoms. The van der Waals surface area contributed by atoms with Gasteiger partial charge in [0.1, 0.15) is 0 Å². The third-order valence-corrected chi connectivity index (χ3v) is 5.87. The second-order valence-corrected chi connectivity index (χ2v) is 7.48. The summed E-state index contributed by atoms with van der Waals surface area (Å²) in [6.45, 7) is 4.44. The van der Waals surface area contributed by atoms with Crippen molar-refractivity contribution >= 4 is 16.0 Å². The summed E-state index contributed by atoms with van der Waals surface area (Å²) in [4.78, 5) is 12.0. The fourth-order valence-electron chi connectivity index (χ4n) is 2.75. The van der Waals surface area contributed by atoms with E-state index in [9.17, 15) is 13.2 Å². The molecule has 0 spiro atoms. The molecule has 0 bridgehead atoms. The molecule has 0 N–H and O–H groups in total. The van der Waals surface area contributed by atoms with Gasteiger partial charge in [-0.15, -0.1) is 0 Å². The molecule has 0 aliphatic carbocycles. The molecule has 1 aliphatic rings. The number of aryl methyl sites for hydroxylation is 1. The van der Waals surface area contributed by atoms with E-state index >= 15 is 0 Å². The number of carbonyl (C=O) groups is 1. The van der Waals surface area contributed by atoms with E-state index in [0.29, 0.717) is 19.6 Å². The summed E-state index contributed by atoms with van der Waals surface area (Å²) in [6, 6.07) is 6.52. The molecule has 0 saturated carbocycles. The number of sulfonamides is 1. The van der Waals surface area contributed by atoms with Crippen LogP contribution in [-0.4, -0.2) is 37.9 Å². The standard InChI is InChI=1S/C16H23NO4S/c1-3-21-16(18)12-14-6-4-5-11-17(14)22(19,20)15-9-7-13(2)8-10-15/h7-10,14H,3-6,11-12H2,1-2H3. The van der Waals surface area contributed by atoms with Crippen molar-refractivity contribution in [3.8, 4) is 0 Å². The molecule has 1 fully saturated rings. The lowest BCUT2D eigenvalue weighted by Crippen LogP contribution is -2.44. The van der Waals surface area contributed by atoms with Crippen molar-refractivity contribution in [2.75, 3.05) is 13.2 Å². The van der Waals surface area contributed by atoms with E-state index in [-0.39, 0.29) is 23.3 Å². The normalized spacial score (nSPS) is 19.8. The molecule has 2 rings (SSSR count). The molecule has 0 radical (unpaired) electrons. The Morgan fingerprint density at radius 3 is 2.59 bits per heavy atom. The number of carbonyl (C=O) groups excluding carboxylic acids is 1. The van der Waals surface area contributed by atoms with Crippen LogP contribution in [0.4, 0.5) is 0 Å². The summed E-state index contributed by atoms with van der Waals surface area (Å²) in [5.74, 6) is -0.335. The predicted octanol–water partition coefficient (Wildman–Crippen LogP) is 2.49. The van der Waals surface area contributed by atoms with Gasteiger partial charge in [0.25, 0.3) is 0 Å². The van der Waals surface area contributed by atoms with Crippen molar-refractivity contribution in [3.63, 3.8) is 0 Å². The maximum Gasteiger partial charge on any atom is 0.307 e. The summed E-state index contributed by atoms with van der Waals surface area (Å²) in [7, 11) is -3.56. The molecule has 1 aliphatic heterocycles. The third kappa shape index (κ3) is 3.87. The van der Waals surface area contributed by atoms with Crippen molar-refractivity contribution in [2.45, 2.75) is 50.5 Å². The minimum atomic E-state index is -3.56. The van der Waals surface area contributed by atoms with Crippen LogP contribution in [-0.2, 0) is 19.6 Å². The highest BCUT2D eigenvalue weighted by molar-refractivity contribution is 7.89. The summed E-state index contributed by atoms with van der Waals surface area (Å²) in [5, 5.41) is 0. The molecule has 122 valence electrons. The highest BCUT2D eigenvalue weighted by Crippen LogP contribution is 2.27. The molecule has 1 unspecified atom stereocenters. The van der Waals surface area contributed by atoms with Crippen LogP contribution in [0.25, 0.3) is 0 Å². The first-order valence-corrected chi connectivity index (χ1v) is 9.13. The molecule has 1 saturated heterocycles. The van der Waals surface area contributed by atoms with Crippen LogP contribution in [0, 0.1) is 6.92 Å². The topological polar surface area (TPSA) is 63.7 Å². The largest absolute Gasteiger partial charge is 0.466 e. The number of hydrogen-bond donors (Lipinski definition) is 0. The van der Waals surface area contributed by atoms with Gasteiger partial charge >= 0.3 is 5.97 Å². The van der Waals surface area contributed by atoms with Gasteiger partial charge in [0, 0.05) is 12.6 Å². The van der Waals surface area contributed by atoms with Gasteiger partial charge in [-0.2, -0.15) is 4.31 Å². The Morgan fingerprint density at radius 1 is 1.27 bits per heavy atom.